The van der Waals surface area contributed by atoms with Crippen molar-refractivity contribution < 1.29 is 22.0 Å². The second-order valence-corrected chi connectivity index (χ2v) is 3.91. The highest BCUT2D eigenvalue weighted by molar-refractivity contribution is 7.79. The molecule has 0 radical (unpaired) electrons. The van der Waals surface area contributed by atoms with Crippen molar-refractivity contribution in [2.75, 3.05) is 26.7 Å². The molecule has 0 aliphatic rings. The van der Waals surface area contributed by atoms with Gasteiger partial charge >= 0.3 is 10.4 Å². The Hall–Kier alpha value is -0.170. The van der Waals surface area contributed by atoms with E-state index in [2.05, 4.69) is 27.8 Å². The summed E-state index contributed by atoms with van der Waals surface area (Å²) in [6.07, 6.45) is 0. The molecule has 0 atom stereocenters. The minimum Gasteiger partial charge on any atom is -0.327 e. The number of rotatable bonds is 3. The van der Waals surface area contributed by atoms with E-state index in [0.717, 1.165) is 0 Å². The molecule has 0 spiro atoms. The van der Waals surface area contributed by atoms with E-state index < -0.39 is 10.4 Å². The molecule has 0 aromatic heterocycles. The van der Waals surface area contributed by atoms with Crippen LogP contribution in [0, 0.1) is 0 Å². The molecule has 0 aliphatic heterocycles. The van der Waals surface area contributed by atoms with Crippen LogP contribution in [0.5, 0.6) is 0 Å². The average Bonchev–Trinajstić information content (AvgIpc) is 2.00. The smallest absolute Gasteiger partial charge is 0.327 e. The third-order valence-electron chi connectivity index (χ3n) is 2.29. The molecule has 0 bridgehead atoms. The van der Waals surface area contributed by atoms with Crippen LogP contribution in [-0.4, -0.2) is 48.7 Å². The molecule has 6 heteroatoms. The summed E-state index contributed by atoms with van der Waals surface area (Å²) in [6, 6.07) is 0. The molecular weight excluding hydrogens is 194 g/mol. The van der Waals surface area contributed by atoms with Crippen LogP contribution in [0.4, 0.5) is 0 Å². The Labute approximate surface area is 80.5 Å². The van der Waals surface area contributed by atoms with Crippen molar-refractivity contribution in [2.45, 2.75) is 20.8 Å². The van der Waals surface area contributed by atoms with Crippen LogP contribution in [0.15, 0.2) is 0 Å². The van der Waals surface area contributed by atoms with Crippen molar-refractivity contribution in [1.82, 2.24) is 0 Å². The van der Waals surface area contributed by atoms with Crippen LogP contribution < -0.4 is 0 Å². The fraction of sp³-hybridized carbons (Fsp3) is 1.00. The average molecular weight is 214 g/mol. The van der Waals surface area contributed by atoms with E-state index >= 15 is 0 Å². The molecule has 82 valence electrons. The largest absolute Gasteiger partial charge is 0.394 e. The Morgan fingerprint density at radius 1 is 1.00 bits per heavy atom. The van der Waals surface area contributed by atoms with E-state index in [1.807, 2.05) is 0 Å². The maximum atomic E-state index is 8.74. The zero-order valence-corrected chi connectivity index (χ0v) is 9.50. The number of quaternary nitrogens is 1. The maximum absolute atomic E-state index is 8.74. The molecule has 2 N–H and O–H groups in total. The van der Waals surface area contributed by atoms with Gasteiger partial charge in [0, 0.05) is 0 Å². The first-order chi connectivity index (χ1) is 5.68. The minimum absolute atomic E-state index is 1.21. The van der Waals surface area contributed by atoms with Gasteiger partial charge in [-0.1, -0.05) is 0 Å². The van der Waals surface area contributed by atoms with Crippen LogP contribution >= 0.6 is 0 Å². The van der Waals surface area contributed by atoms with Crippen molar-refractivity contribution in [3.63, 3.8) is 0 Å². The Balaban J connectivity index is 0. The lowest BCUT2D eigenvalue weighted by molar-refractivity contribution is -0.904. The third-order valence-corrected chi connectivity index (χ3v) is 2.29. The number of nitrogens with zero attached hydrogens (tertiary/aromatic N) is 1. The normalized spacial score (nSPS) is 11.8. The van der Waals surface area contributed by atoms with E-state index in [1.165, 1.54) is 24.1 Å². The first-order valence-electron chi connectivity index (χ1n) is 4.22. The Morgan fingerprint density at radius 2 is 1.15 bits per heavy atom. The van der Waals surface area contributed by atoms with E-state index in [4.69, 9.17) is 17.5 Å². The van der Waals surface area contributed by atoms with E-state index in [-0.39, 0.29) is 0 Å². The summed E-state index contributed by atoms with van der Waals surface area (Å²) in [7, 11) is -2.37. The Morgan fingerprint density at radius 3 is 1.15 bits per heavy atom. The topological polar surface area (TPSA) is 74.6 Å². The lowest BCUT2D eigenvalue weighted by Crippen LogP contribution is -2.42. The minimum atomic E-state index is -4.67. The molecule has 0 amide bonds. The maximum Gasteiger partial charge on any atom is 0.394 e. The van der Waals surface area contributed by atoms with Gasteiger partial charge in [-0.15, -0.1) is 0 Å². The highest BCUT2D eigenvalue weighted by Gasteiger charge is 2.10. The zero-order chi connectivity index (χ0) is 11.1. The second-order valence-electron chi connectivity index (χ2n) is 3.02. The molecule has 0 heterocycles. The lowest BCUT2D eigenvalue weighted by atomic mass is 10.4. The number of hydrogen-bond donors (Lipinski definition) is 2. The molecule has 0 aromatic rings. The summed E-state index contributed by atoms with van der Waals surface area (Å²) >= 11 is 0. The first kappa shape index (κ1) is 15.3. The third kappa shape index (κ3) is 14.7. The molecular formula is C7H20NO4S+. The lowest BCUT2D eigenvalue weighted by Gasteiger charge is -2.30. The van der Waals surface area contributed by atoms with E-state index in [1.54, 1.807) is 0 Å². The summed E-state index contributed by atoms with van der Waals surface area (Å²) in [6.45, 7) is 10.5. The molecule has 0 fully saturated rings. The van der Waals surface area contributed by atoms with Crippen LogP contribution in [0.1, 0.15) is 20.8 Å². The van der Waals surface area contributed by atoms with Crippen molar-refractivity contribution in [1.29, 1.82) is 0 Å². The quantitative estimate of drug-likeness (QED) is 0.539. The predicted octanol–water partition coefficient (Wildman–Crippen LogP) is 0.840. The van der Waals surface area contributed by atoms with Crippen molar-refractivity contribution in [2.24, 2.45) is 0 Å². The van der Waals surface area contributed by atoms with E-state index in [0.29, 0.717) is 0 Å². The summed E-state index contributed by atoms with van der Waals surface area (Å²) in [4.78, 5) is 0. The summed E-state index contributed by atoms with van der Waals surface area (Å²) < 4.78 is 32.8. The summed E-state index contributed by atoms with van der Waals surface area (Å²) in [5.41, 5.74) is 0. The fourth-order valence-corrected chi connectivity index (χ4v) is 0.671. The Bertz CT molecular complexity index is 192. The van der Waals surface area contributed by atoms with Gasteiger partial charge in [0.15, 0.2) is 0 Å². The van der Waals surface area contributed by atoms with Crippen molar-refractivity contribution in [3.05, 3.63) is 0 Å². The standard InChI is InChI=1S/C7H18N.H2O4S/c1-5-8(4,6-2)7-3;1-5(2,3)4/h5-7H2,1-4H3;(H2,1,2,3,4)/q+1;. The highest BCUT2D eigenvalue weighted by atomic mass is 32.3. The molecule has 13 heavy (non-hydrogen) atoms. The predicted molar refractivity (Wildman–Crippen MR) is 52.0 cm³/mol. The molecule has 0 aromatic carbocycles. The molecule has 0 aliphatic carbocycles. The van der Waals surface area contributed by atoms with Crippen LogP contribution in [0.25, 0.3) is 0 Å². The summed E-state index contributed by atoms with van der Waals surface area (Å²) in [5.74, 6) is 0. The van der Waals surface area contributed by atoms with Gasteiger partial charge in [-0.25, -0.2) is 0 Å². The number of hydrogen-bond acceptors (Lipinski definition) is 2. The van der Waals surface area contributed by atoms with Gasteiger partial charge < -0.3 is 4.48 Å². The van der Waals surface area contributed by atoms with Gasteiger partial charge in [-0.05, 0) is 20.8 Å². The molecule has 0 saturated heterocycles. The van der Waals surface area contributed by atoms with E-state index in [9.17, 15) is 0 Å². The van der Waals surface area contributed by atoms with Gasteiger partial charge in [0.1, 0.15) is 0 Å². The van der Waals surface area contributed by atoms with Gasteiger partial charge in [0.25, 0.3) is 0 Å². The zero-order valence-electron chi connectivity index (χ0n) is 8.69. The first-order valence-corrected chi connectivity index (χ1v) is 5.61. The second kappa shape index (κ2) is 6.31. The molecule has 5 nitrogen and oxygen atoms in total. The summed E-state index contributed by atoms with van der Waals surface area (Å²) in [5, 5.41) is 0. The van der Waals surface area contributed by atoms with Gasteiger partial charge in [-0.2, -0.15) is 8.42 Å². The van der Waals surface area contributed by atoms with Crippen molar-refractivity contribution >= 4 is 10.4 Å². The van der Waals surface area contributed by atoms with Crippen LogP contribution in [-0.2, 0) is 10.4 Å². The van der Waals surface area contributed by atoms with Crippen LogP contribution in [0.2, 0.25) is 0 Å². The van der Waals surface area contributed by atoms with Gasteiger partial charge in [-0.3, -0.25) is 9.11 Å². The SMILES string of the molecule is CC[N+](C)(CC)CC.O=S(=O)(O)O. The monoisotopic (exact) mass is 214 g/mol. The van der Waals surface area contributed by atoms with Gasteiger partial charge in [0.05, 0.1) is 26.7 Å². The molecule has 0 unspecified atom stereocenters. The van der Waals surface area contributed by atoms with Gasteiger partial charge in [0.2, 0.25) is 0 Å². The van der Waals surface area contributed by atoms with Crippen LogP contribution in [0.3, 0.4) is 0 Å². The highest BCUT2D eigenvalue weighted by Crippen LogP contribution is 1.97. The Kier molecular flexibility index (Phi) is 7.43. The fourth-order valence-electron chi connectivity index (χ4n) is 0.671. The molecule has 0 saturated carbocycles. The molecule has 0 rings (SSSR count). The van der Waals surface area contributed by atoms with Crippen molar-refractivity contribution in [3.8, 4) is 0 Å².